The molecule has 3 aliphatic rings. The number of methoxy groups -OCH3 is 1. The van der Waals surface area contributed by atoms with Crippen molar-refractivity contribution in [1.82, 2.24) is 10.2 Å². The molecule has 1 aromatic rings. The molecule has 2 unspecified atom stereocenters. The number of carbonyl (C=O) groups is 3. The first-order chi connectivity index (χ1) is 15.3. The minimum Gasteiger partial charge on any atom is -0.633 e. The van der Waals surface area contributed by atoms with Gasteiger partial charge >= 0.3 is 5.97 Å². The molecule has 2 amide bonds. The summed E-state index contributed by atoms with van der Waals surface area (Å²) >= 11 is 0. The fourth-order valence-corrected chi connectivity index (χ4v) is 4.53. The number of benzene rings is 1. The molecule has 2 saturated heterocycles. The summed E-state index contributed by atoms with van der Waals surface area (Å²) in [6, 6.07) is 4.95. The van der Waals surface area contributed by atoms with Gasteiger partial charge in [-0.3, -0.25) is 19.8 Å². The molecule has 0 bridgehead atoms. The van der Waals surface area contributed by atoms with Gasteiger partial charge in [-0.25, -0.2) is 4.79 Å². The highest BCUT2D eigenvalue weighted by molar-refractivity contribution is 6.00. The highest BCUT2D eigenvalue weighted by atomic mass is 16.6. The predicted molar refractivity (Wildman–Crippen MR) is 112 cm³/mol. The quantitative estimate of drug-likeness (QED) is 0.210. The summed E-state index contributed by atoms with van der Waals surface area (Å²) in [6.07, 6.45) is -0.565. The monoisotopic (exact) mass is 448 g/mol. The van der Waals surface area contributed by atoms with E-state index >= 15 is 0 Å². The minimum absolute atomic E-state index is 0.151. The lowest BCUT2D eigenvalue weighted by atomic mass is 10.0. The molecule has 4 rings (SSSR count). The van der Waals surface area contributed by atoms with Gasteiger partial charge < -0.3 is 29.8 Å². The summed E-state index contributed by atoms with van der Waals surface area (Å²) in [4.78, 5) is 36.5. The van der Waals surface area contributed by atoms with Crippen LogP contribution in [0.15, 0.2) is 18.2 Å². The van der Waals surface area contributed by atoms with Crippen LogP contribution in [-0.2, 0) is 30.4 Å². The van der Waals surface area contributed by atoms with Crippen LogP contribution in [0, 0.1) is 5.21 Å². The molecule has 0 spiro atoms. The molecule has 0 saturated carbocycles. The number of hydrogen-bond donors (Lipinski definition) is 3. The number of likely N-dealkylation sites (tertiary alicyclic amines) is 1. The molecule has 0 radical (unpaired) electrons. The van der Waals surface area contributed by atoms with E-state index in [0.717, 1.165) is 11.3 Å². The van der Waals surface area contributed by atoms with Gasteiger partial charge in [0.1, 0.15) is 25.9 Å². The maximum Gasteiger partial charge on any atom is 0.331 e. The van der Waals surface area contributed by atoms with E-state index in [1.165, 1.54) is 7.11 Å². The van der Waals surface area contributed by atoms with Crippen LogP contribution in [0.3, 0.4) is 0 Å². The van der Waals surface area contributed by atoms with Gasteiger partial charge in [-0.1, -0.05) is 12.1 Å². The standard InChI is InChI=1S/C21H28N4O7/c1-31-19(27)12-32-13-10-25(30,11-13)8-7-22-16-4-2-3-14-15(16)9-24(21(14)29)17-5-6-18(26)23-20(17)28/h2-4,13,17,21-22,29H,5-12H2,1H3,(H,23,26,28). The van der Waals surface area contributed by atoms with Crippen molar-refractivity contribution in [2.75, 3.05) is 45.2 Å². The Morgan fingerprint density at radius 2 is 2.16 bits per heavy atom. The number of fused-ring (bicyclic) bond motifs is 1. The van der Waals surface area contributed by atoms with E-state index in [-0.39, 0.29) is 44.0 Å². The molecular weight excluding hydrogens is 420 g/mol. The normalized spacial score (nSPS) is 29.8. The summed E-state index contributed by atoms with van der Waals surface area (Å²) in [5.74, 6) is -1.14. The van der Waals surface area contributed by atoms with E-state index in [2.05, 4.69) is 15.4 Å². The number of nitrogens with zero attached hydrogens (tertiary/aromatic N) is 2. The number of aliphatic hydroxyl groups is 1. The van der Waals surface area contributed by atoms with Crippen LogP contribution in [0.5, 0.6) is 0 Å². The lowest BCUT2D eigenvalue weighted by Gasteiger charge is -2.53. The average molecular weight is 448 g/mol. The molecule has 11 nitrogen and oxygen atoms in total. The first-order valence-electron chi connectivity index (χ1n) is 10.7. The average Bonchev–Trinajstić information content (AvgIpc) is 3.07. The number of piperidine rings is 1. The van der Waals surface area contributed by atoms with Crippen molar-refractivity contribution in [2.45, 2.75) is 37.8 Å². The molecule has 174 valence electrons. The number of quaternary nitrogens is 1. The number of nitrogens with one attached hydrogen (secondary N) is 2. The van der Waals surface area contributed by atoms with Crippen molar-refractivity contribution < 1.29 is 33.6 Å². The van der Waals surface area contributed by atoms with E-state index in [9.17, 15) is 24.7 Å². The third-order valence-corrected chi connectivity index (χ3v) is 6.33. The number of anilines is 1. The van der Waals surface area contributed by atoms with Gasteiger partial charge in [0, 0.05) is 24.2 Å². The predicted octanol–water partition coefficient (Wildman–Crippen LogP) is -0.403. The molecule has 3 aliphatic heterocycles. The van der Waals surface area contributed by atoms with Crippen molar-refractivity contribution in [3.05, 3.63) is 34.5 Å². The number of aliphatic hydroxyl groups excluding tert-OH is 1. The Morgan fingerprint density at radius 1 is 1.38 bits per heavy atom. The van der Waals surface area contributed by atoms with E-state index in [1.54, 1.807) is 4.90 Å². The number of hydrogen-bond acceptors (Lipinski definition) is 9. The second kappa shape index (κ2) is 9.12. The maximum absolute atomic E-state index is 12.7. The Balaban J connectivity index is 1.31. The van der Waals surface area contributed by atoms with E-state index in [1.807, 2.05) is 18.2 Å². The molecule has 11 heteroatoms. The van der Waals surface area contributed by atoms with Crippen molar-refractivity contribution >= 4 is 23.5 Å². The third-order valence-electron chi connectivity index (χ3n) is 6.33. The zero-order valence-corrected chi connectivity index (χ0v) is 17.9. The van der Waals surface area contributed by atoms with Gasteiger partial charge in [-0.15, -0.1) is 0 Å². The number of amides is 2. The molecule has 2 fully saturated rings. The maximum atomic E-state index is 12.7. The third kappa shape index (κ3) is 4.62. The Kier molecular flexibility index (Phi) is 6.45. The molecule has 3 N–H and O–H groups in total. The number of hydroxylamine groups is 3. The van der Waals surface area contributed by atoms with Crippen molar-refractivity contribution in [3.63, 3.8) is 0 Å². The zero-order valence-electron chi connectivity index (χ0n) is 17.9. The number of rotatable bonds is 8. The Hall–Kier alpha value is -2.57. The van der Waals surface area contributed by atoms with Crippen LogP contribution < -0.4 is 10.6 Å². The van der Waals surface area contributed by atoms with E-state index < -0.39 is 22.9 Å². The van der Waals surface area contributed by atoms with Gasteiger partial charge in [0.05, 0.1) is 26.2 Å². The Bertz CT molecular complexity index is 902. The lowest BCUT2D eigenvalue weighted by Crippen LogP contribution is -2.65. The lowest BCUT2D eigenvalue weighted by molar-refractivity contribution is -0.927. The largest absolute Gasteiger partial charge is 0.633 e. The van der Waals surface area contributed by atoms with Crippen molar-refractivity contribution in [2.24, 2.45) is 0 Å². The smallest absolute Gasteiger partial charge is 0.331 e. The van der Waals surface area contributed by atoms with E-state index in [0.29, 0.717) is 31.6 Å². The van der Waals surface area contributed by atoms with Crippen LogP contribution in [0.2, 0.25) is 0 Å². The van der Waals surface area contributed by atoms with Gasteiger partial charge in [0.15, 0.2) is 6.10 Å². The number of imide groups is 1. The van der Waals surface area contributed by atoms with Crippen LogP contribution >= 0.6 is 0 Å². The second-order valence-electron chi connectivity index (χ2n) is 8.47. The molecule has 1 aromatic carbocycles. The molecule has 0 aromatic heterocycles. The van der Waals surface area contributed by atoms with E-state index in [4.69, 9.17) is 4.74 Å². The molecule has 3 heterocycles. The number of esters is 1. The highest BCUT2D eigenvalue weighted by Gasteiger charge is 2.41. The highest BCUT2D eigenvalue weighted by Crippen LogP contribution is 2.38. The van der Waals surface area contributed by atoms with Crippen LogP contribution in [0.4, 0.5) is 5.69 Å². The Labute approximate surface area is 185 Å². The minimum atomic E-state index is -0.934. The number of carbonyl (C=O) groups excluding carboxylic acids is 3. The van der Waals surface area contributed by atoms with Gasteiger partial charge in [-0.05, 0) is 18.1 Å². The van der Waals surface area contributed by atoms with Gasteiger partial charge in [0.2, 0.25) is 11.8 Å². The summed E-state index contributed by atoms with van der Waals surface area (Å²) in [5.41, 5.74) is 2.40. The van der Waals surface area contributed by atoms with Crippen LogP contribution in [0.1, 0.15) is 30.2 Å². The molecular formula is C21H28N4O7. The van der Waals surface area contributed by atoms with Crippen LogP contribution in [-0.4, -0.2) is 84.5 Å². The fraction of sp³-hybridized carbons (Fsp3) is 0.571. The summed E-state index contributed by atoms with van der Waals surface area (Å²) in [5, 5.41) is 29.1. The SMILES string of the molecule is COC(=O)COC1C[N+]([O-])(CCNc2cccc3c2CN(C2CCC(=O)NC2=O)C3O)C1. The fourth-order valence-electron chi connectivity index (χ4n) is 4.53. The van der Waals surface area contributed by atoms with Crippen LogP contribution in [0.25, 0.3) is 0 Å². The first kappa shape index (κ1) is 22.6. The molecule has 32 heavy (non-hydrogen) atoms. The number of ether oxygens (including phenoxy) is 2. The Morgan fingerprint density at radius 3 is 2.88 bits per heavy atom. The topological polar surface area (TPSA) is 140 Å². The van der Waals surface area contributed by atoms with Gasteiger partial charge in [0.25, 0.3) is 0 Å². The summed E-state index contributed by atoms with van der Waals surface area (Å²) < 4.78 is 9.47. The zero-order chi connectivity index (χ0) is 22.9. The second-order valence-corrected chi connectivity index (χ2v) is 8.47. The molecule has 2 atom stereocenters. The van der Waals surface area contributed by atoms with Crippen molar-refractivity contribution in [1.29, 1.82) is 0 Å². The first-order valence-corrected chi connectivity index (χ1v) is 10.7. The van der Waals surface area contributed by atoms with Gasteiger partial charge in [-0.2, -0.15) is 0 Å². The summed E-state index contributed by atoms with van der Waals surface area (Å²) in [7, 11) is 1.29. The molecule has 0 aliphatic carbocycles. The summed E-state index contributed by atoms with van der Waals surface area (Å²) in [6.45, 7) is 1.55. The van der Waals surface area contributed by atoms with Crippen molar-refractivity contribution in [3.8, 4) is 0 Å².